The Morgan fingerprint density at radius 2 is 2.03 bits per heavy atom. The van der Waals surface area contributed by atoms with Crippen molar-refractivity contribution in [3.8, 4) is 0 Å². The van der Waals surface area contributed by atoms with Gasteiger partial charge in [0.2, 0.25) is 0 Å². The summed E-state index contributed by atoms with van der Waals surface area (Å²) in [5.74, 6) is -0.719. The van der Waals surface area contributed by atoms with E-state index in [4.69, 9.17) is 4.74 Å². The summed E-state index contributed by atoms with van der Waals surface area (Å²) in [7, 11) is -3.34. The molecule has 9 heteroatoms. The Hall–Kier alpha value is -2.36. The molecule has 2 aromatic carbocycles. The summed E-state index contributed by atoms with van der Waals surface area (Å²) in [5, 5.41) is 0.454. The number of anilines is 1. The number of hydrogen-bond donors (Lipinski definition) is 0. The third kappa shape index (κ3) is 4.31. The molecule has 1 aromatic heterocycles. The van der Waals surface area contributed by atoms with Crippen LogP contribution in [0.1, 0.15) is 23.2 Å². The van der Waals surface area contributed by atoms with Gasteiger partial charge in [-0.3, -0.25) is 9.69 Å². The SMILES string of the molecule is CS(=O)(=O)c1ccc2nc(N(CC3CCCO3)C(=O)c3ccc(F)cc3)sc2c1. The van der Waals surface area contributed by atoms with Crippen LogP contribution in [-0.2, 0) is 14.6 Å². The summed E-state index contributed by atoms with van der Waals surface area (Å²) in [6, 6.07) is 10.1. The Kier molecular flexibility index (Phi) is 5.37. The molecule has 0 N–H and O–H groups in total. The number of hydrogen-bond acceptors (Lipinski definition) is 6. The Labute approximate surface area is 171 Å². The fraction of sp³-hybridized carbons (Fsp3) is 0.300. The lowest BCUT2D eigenvalue weighted by atomic mass is 10.1. The van der Waals surface area contributed by atoms with Crippen LogP contribution in [0.25, 0.3) is 10.2 Å². The highest BCUT2D eigenvalue weighted by Gasteiger charge is 2.27. The first-order valence-electron chi connectivity index (χ1n) is 9.11. The van der Waals surface area contributed by atoms with Crippen LogP contribution in [0.15, 0.2) is 47.4 Å². The van der Waals surface area contributed by atoms with Crippen LogP contribution in [0.2, 0.25) is 0 Å². The fourth-order valence-electron chi connectivity index (χ4n) is 3.23. The van der Waals surface area contributed by atoms with E-state index in [9.17, 15) is 17.6 Å². The summed E-state index contributed by atoms with van der Waals surface area (Å²) in [4.78, 5) is 19.4. The van der Waals surface area contributed by atoms with Crippen molar-refractivity contribution in [2.45, 2.75) is 23.8 Å². The molecule has 1 fully saturated rings. The van der Waals surface area contributed by atoms with Crippen molar-refractivity contribution in [3.05, 3.63) is 53.8 Å². The molecule has 0 aliphatic carbocycles. The van der Waals surface area contributed by atoms with Gasteiger partial charge in [0, 0.05) is 18.4 Å². The number of ether oxygens (including phenoxy) is 1. The van der Waals surface area contributed by atoms with Gasteiger partial charge in [-0.25, -0.2) is 17.8 Å². The van der Waals surface area contributed by atoms with E-state index < -0.39 is 15.7 Å². The topological polar surface area (TPSA) is 76.6 Å². The van der Waals surface area contributed by atoms with Crippen LogP contribution in [0.5, 0.6) is 0 Å². The minimum Gasteiger partial charge on any atom is -0.376 e. The first-order chi connectivity index (χ1) is 13.8. The maximum Gasteiger partial charge on any atom is 0.260 e. The molecule has 1 unspecified atom stereocenters. The molecule has 4 rings (SSSR count). The van der Waals surface area contributed by atoms with Crippen LogP contribution >= 0.6 is 11.3 Å². The molecule has 0 bridgehead atoms. The van der Waals surface area contributed by atoms with Crippen molar-refractivity contribution in [1.29, 1.82) is 0 Å². The van der Waals surface area contributed by atoms with E-state index in [1.807, 2.05) is 0 Å². The van der Waals surface area contributed by atoms with Gasteiger partial charge in [-0.15, -0.1) is 0 Å². The van der Waals surface area contributed by atoms with Gasteiger partial charge in [0.15, 0.2) is 15.0 Å². The van der Waals surface area contributed by atoms with Crippen molar-refractivity contribution in [3.63, 3.8) is 0 Å². The Morgan fingerprint density at radius 1 is 1.28 bits per heavy atom. The largest absolute Gasteiger partial charge is 0.376 e. The van der Waals surface area contributed by atoms with Crippen LogP contribution < -0.4 is 4.90 Å². The number of halogens is 1. The number of carbonyl (C=O) groups excluding carboxylic acids is 1. The summed E-state index contributed by atoms with van der Waals surface area (Å²) < 4.78 is 43.3. The molecule has 29 heavy (non-hydrogen) atoms. The molecule has 0 radical (unpaired) electrons. The normalized spacial score (nSPS) is 17.0. The van der Waals surface area contributed by atoms with E-state index in [2.05, 4.69) is 4.98 Å². The molecule has 0 spiro atoms. The summed E-state index contributed by atoms with van der Waals surface area (Å²) in [6.07, 6.45) is 2.83. The molecule has 152 valence electrons. The van der Waals surface area contributed by atoms with Gasteiger partial charge in [-0.1, -0.05) is 11.3 Å². The average molecular weight is 435 g/mol. The number of benzene rings is 2. The van der Waals surface area contributed by atoms with E-state index in [1.165, 1.54) is 46.6 Å². The monoisotopic (exact) mass is 434 g/mol. The van der Waals surface area contributed by atoms with Gasteiger partial charge in [-0.05, 0) is 55.3 Å². The van der Waals surface area contributed by atoms with Crippen LogP contribution in [-0.4, -0.2) is 44.8 Å². The van der Waals surface area contributed by atoms with Gasteiger partial charge in [0.25, 0.3) is 5.91 Å². The van der Waals surface area contributed by atoms with Crippen LogP contribution in [0.4, 0.5) is 9.52 Å². The van der Waals surface area contributed by atoms with Crippen molar-refractivity contribution in [1.82, 2.24) is 4.98 Å². The number of carbonyl (C=O) groups is 1. The van der Waals surface area contributed by atoms with E-state index >= 15 is 0 Å². The van der Waals surface area contributed by atoms with Crippen LogP contribution in [0, 0.1) is 5.82 Å². The van der Waals surface area contributed by atoms with Gasteiger partial charge in [0.05, 0.1) is 27.8 Å². The second-order valence-corrected chi connectivity index (χ2v) is 9.98. The Bertz CT molecular complexity index is 1150. The second kappa shape index (κ2) is 7.81. The van der Waals surface area contributed by atoms with E-state index in [1.54, 1.807) is 12.1 Å². The van der Waals surface area contributed by atoms with Gasteiger partial charge in [-0.2, -0.15) is 0 Å². The maximum absolute atomic E-state index is 13.3. The highest BCUT2D eigenvalue weighted by atomic mass is 32.2. The number of aromatic nitrogens is 1. The average Bonchev–Trinajstić information content (AvgIpc) is 3.34. The first kappa shape index (κ1) is 19.9. The van der Waals surface area contributed by atoms with E-state index in [0.29, 0.717) is 34.1 Å². The lowest BCUT2D eigenvalue weighted by Gasteiger charge is -2.23. The number of fused-ring (bicyclic) bond motifs is 1. The van der Waals surface area contributed by atoms with Crippen molar-refractivity contribution < 1.29 is 22.3 Å². The number of thiazole rings is 1. The van der Waals surface area contributed by atoms with Crippen molar-refractivity contribution in [2.24, 2.45) is 0 Å². The molecular weight excluding hydrogens is 415 g/mol. The first-order valence-corrected chi connectivity index (χ1v) is 11.8. The molecule has 1 saturated heterocycles. The van der Waals surface area contributed by atoms with Crippen molar-refractivity contribution >= 4 is 42.4 Å². The molecule has 1 atom stereocenters. The maximum atomic E-state index is 13.3. The van der Waals surface area contributed by atoms with Crippen molar-refractivity contribution in [2.75, 3.05) is 24.3 Å². The second-order valence-electron chi connectivity index (χ2n) is 6.96. The van der Waals surface area contributed by atoms with E-state index in [0.717, 1.165) is 19.1 Å². The third-order valence-corrected chi connectivity index (χ3v) is 6.91. The van der Waals surface area contributed by atoms with Gasteiger partial charge >= 0.3 is 0 Å². The quantitative estimate of drug-likeness (QED) is 0.613. The summed E-state index contributed by atoms with van der Waals surface area (Å²) in [5.41, 5.74) is 0.960. The molecule has 6 nitrogen and oxygen atoms in total. The summed E-state index contributed by atoms with van der Waals surface area (Å²) >= 11 is 1.25. The third-order valence-electron chi connectivity index (χ3n) is 4.75. The number of amides is 1. The molecule has 2 heterocycles. The number of rotatable bonds is 5. The van der Waals surface area contributed by atoms with Crippen LogP contribution in [0.3, 0.4) is 0 Å². The smallest absolute Gasteiger partial charge is 0.260 e. The highest BCUT2D eigenvalue weighted by Crippen LogP contribution is 2.32. The Morgan fingerprint density at radius 3 is 2.69 bits per heavy atom. The predicted molar refractivity (Wildman–Crippen MR) is 110 cm³/mol. The minimum atomic E-state index is -3.34. The van der Waals surface area contributed by atoms with E-state index in [-0.39, 0.29) is 16.9 Å². The molecular formula is C20H19FN2O4S2. The highest BCUT2D eigenvalue weighted by molar-refractivity contribution is 7.90. The zero-order valence-electron chi connectivity index (χ0n) is 15.7. The standard InChI is InChI=1S/C20H19FN2O4S2/c1-29(25,26)16-8-9-17-18(11-16)28-20(22-17)23(12-15-3-2-10-27-15)19(24)13-4-6-14(21)7-5-13/h4-9,11,15H,2-3,10,12H2,1H3. The summed E-state index contributed by atoms with van der Waals surface area (Å²) in [6.45, 7) is 0.982. The predicted octanol–water partition coefficient (Wildman–Crippen LogP) is 3.66. The fourth-order valence-corrected chi connectivity index (χ4v) is 4.96. The lowest BCUT2D eigenvalue weighted by Crippen LogP contribution is -2.37. The molecule has 1 amide bonds. The zero-order valence-corrected chi connectivity index (χ0v) is 17.3. The lowest BCUT2D eigenvalue weighted by molar-refractivity contribution is 0.0917. The molecule has 1 aliphatic heterocycles. The number of sulfone groups is 1. The molecule has 0 saturated carbocycles. The molecule has 3 aromatic rings. The minimum absolute atomic E-state index is 0.0991. The number of nitrogens with zero attached hydrogens (tertiary/aromatic N) is 2. The molecule has 1 aliphatic rings. The zero-order chi connectivity index (χ0) is 20.6. The Balaban J connectivity index is 1.73. The van der Waals surface area contributed by atoms with Gasteiger partial charge in [0.1, 0.15) is 5.82 Å². The van der Waals surface area contributed by atoms with Gasteiger partial charge < -0.3 is 4.74 Å².